The van der Waals surface area contributed by atoms with Crippen LogP contribution in [0.15, 0.2) is 53.7 Å². The van der Waals surface area contributed by atoms with Crippen LogP contribution in [0.25, 0.3) is 0 Å². The van der Waals surface area contributed by atoms with E-state index in [4.69, 9.17) is 22.5 Å². The number of hydrogen-bond acceptors (Lipinski definition) is 3. The lowest BCUT2D eigenvalue weighted by Crippen LogP contribution is -2.15. The highest BCUT2D eigenvalue weighted by Crippen LogP contribution is 2.14. The third kappa shape index (κ3) is 3.73. The lowest BCUT2D eigenvalue weighted by Gasteiger charge is -2.07. The van der Waals surface area contributed by atoms with Crippen LogP contribution < -0.4 is 11.1 Å². The zero-order chi connectivity index (χ0) is 14.4. The van der Waals surface area contributed by atoms with Crippen molar-refractivity contribution < 1.29 is 5.21 Å². The highest BCUT2D eigenvalue weighted by Gasteiger charge is 2.00. The second-order valence-corrected chi connectivity index (χ2v) is 4.78. The van der Waals surface area contributed by atoms with Crippen LogP contribution in [0.4, 0.5) is 0 Å². The molecule has 20 heavy (non-hydrogen) atoms. The van der Waals surface area contributed by atoms with Crippen molar-refractivity contribution >= 4 is 17.4 Å². The number of rotatable bonds is 5. The van der Waals surface area contributed by atoms with Crippen molar-refractivity contribution in [1.82, 2.24) is 5.32 Å². The number of nitrogens with one attached hydrogen (secondary N) is 1. The average molecular weight is 290 g/mol. The first-order valence-electron chi connectivity index (χ1n) is 6.21. The Bertz CT molecular complexity index is 596. The first-order chi connectivity index (χ1) is 9.70. The Labute approximate surface area is 122 Å². The normalized spacial score (nSPS) is 11.6. The summed E-state index contributed by atoms with van der Waals surface area (Å²) >= 11 is 6.09. The Morgan fingerprint density at radius 1 is 1.10 bits per heavy atom. The molecule has 0 spiro atoms. The van der Waals surface area contributed by atoms with Gasteiger partial charge < -0.3 is 16.3 Å². The molecule has 4 N–H and O–H groups in total. The van der Waals surface area contributed by atoms with Gasteiger partial charge in [-0.05, 0) is 17.2 Å². The molecular formula is C15H16ClN3O. The predicted molar refractivity (Wildman–Crippen MR) is 80.9 cm³/mol. The number of oxime groups is 1. The van der Waals surface area contributed by atoms with Gasteiger partial charge in [-0.3, -0.25) is 0 Å². The van der Waals surface area contributed by atoms with Crippen LogP contribution >= 0.6 is 11.6 Å². The lowest BCUT2D eigenvalue weighted by molar-refractivity contribution is 0.318. The number of nitrogens with two attached hydrogens (primary N) is 1. The standard InChI is InChI=1S/C15H16ClN3O/c16-14-4-2-1-3-13(14)10-18-9-11-5-7-12(8-6-11)15(17)19-20/h1-8,18,20H,9-10H2,(H2,17,19). The molecule has 0 aliphatic rings. The molecule has 0 aliphatic heterocycles. The Balaban J connectivity index is 1.90. The van der Waals surface area contributed by atoms with Crippen LogP contribution in [0.3, 0.4) is 0 Å². The van der Waals surface area contributed by atoms with Crippen molar-refractivity contribution in [3.8, 4) is 0 Å². The minimum absolute atomic E-state index is 0.112. The van der Waals surface area contributed by atoms with Gasteiger partial charge in [-0.2, -0.15) is 0 Å². The van der Waals surface area contributed by atoms with Gasteiger partial charge in [-0.25, -0.2) is 0 Å². The zero-order valence-corrected chi connectivity index (χ0v) is 11.6. The Hall–Kier alpha value is -2.04. The van der Waals surface area contributed by atoms with E-state index in [0.29, 0.717) is 12.1 Å². The molecule has 0 atom stereocenters. The van der Waals surface area contributed by atoms with Crippen molar-refractivity contribution in [3.63, 3.8) is 0 Å². The van der Waals surface area contributed by atoms with Gasteiger partial charge in [-0.1, -0.05) is 59.2 Å². The molecule has 5 heteroatoms. The van der Waals surface area contributed by atoms with Gasteiger partial charge in [-0.15, -0.1) is 0 Å². The van der Waals surface area contributed by atoms with Crippen molar-refractivity contribution in [2.24, 2.45) is 10.9 Å². The fourth-order valence-electron chi connectivity index (χ4n) is 1.83. The number of amidine groups is 1. The van der Waals surface area contributed by atoms with Crippen molar-refractivity contribution in [2.75, 3.05) is 0 Å². The molecule has 0 bridgehead atoms. The summed E-state index contributed by atoms with van der Waals surface area (Å²) in [5.74, 6) is 0.112. The van der Waals surface area contributed by atoms with E-state index >= 15 is 0 Å². The molecular weight excluding hydrogens is 274 g/mol. The predicted octanol–water partition coefficient (Wildman–Crippen LogP) is 2.72. The summed E-state index contributed by atoms with van der Waals surface area (Å²) in [4.78, 5) is 0. The summed E-state index contributed by atoms with van der Waals surface area (Å²) < 4.78 is 0. The average Bonchev–Trinajstić information content (AvgIpc) is 2.49. The van der Waals surface area contributed by atoms with Crippen LogP contribution in [0.5, 0.6) is 0 Å². The first kappa shape index (κ1) is 14.4. The largest absolute Gasteiger partial charge is 0.409 e. The van der Waals surface area contributed by atoms with Crippen LogP contribution in [0.2, 0.25) is 5.02 Å². The van der Waals surface area contributed by atoms with Crippen LogP contribution in [-0.4, -0.2) is 11.0 Å². The van der Waals surface area contributed by atoms with Crippen LogP contribution in [0.1, 0.15) is 16.7 Å². The summed E-state index contributed by atoms with van der Waals surface area (Å²) in [6.07, 6.45) is 0. The maximum atomic E-state index is 8.59. The van der Waals surface area contributed by atoms with Gasteiger partial charge in [0.1, 0.15) is 0 Å². The molecule has 0 saturated heterocycles. The summed E-state index contributed by atoms with van der Waals surface area (Å²) in [6, 6.07) is 15.3. The van der Waals surface area contributed by atoms with E-state index in [0.717, 1.165) is 22.7 Å². The van der Waals surface area contributed by atoms with E-state index in [1.165, 1.54) is 0 Å². The number of benzene rings is 2. The minimum Gasteiger partial charge on any atom is -0.409 e. The fraction of sp³-hybridized carbons (Fsp3) is 0.133. The SMILES string of the molecule is NC(=NO)c1ccc(CNCc2ccccc2Cl)cc1. The zero-order valence-electron chi connectivity index (χ0n) is 10.9. The fourth-order valence-corrected chi connectivity index (χ4v) is 2.04. The molecule has 0 unspecified atom stereocenters. The van der Waals surface area contributed by atoms with Gasteiger partial charge in [0, 0.05) is 23.7 Å². The van der Waals surface area contributed by atoms with E-state index in [1.54, 1.807) is 0 Å². The van der Waals surface area contributed by atoms with Gasteiger partial charge in [0.2, 0.25) is 0 Å². The smallest absolute Gasteiger partial charge is 0.170 e. The molecule has 0 amide bonds. The molecule has 0 radical (unpaired) electrons. The summed E-state index contributed by atoms with van der Waals surface area (Å²) in [6.45, 7) is 1.43. The van der Waals surface area contributed by atoms with E-state index in [1.807, 2.05) is 48.5 Å². The Kier molecular flexibility index (Phi) is 4.98. The molecule has 0 saturated carbocycles. The molecule has 0 aromatic heterocycles. The van der Waals surface area contributed by atoms with E-state index < -0.39 is 0 Å². The highest BCUT2D eigenvalue weighted by atomic mass is 35.5. The van der Waals surface area contributed by atoms with Gasteiger partial charge in [0.25, 0.3) is 0 Å². The molecule has 4 nitrogen and oxygen atoms in total. The van der Waals surface area contributed by atoms with Gasteiger partial charge >= 0.3 is 0 Å². The first-order valence-corrected chi connectivity index (χ1v) is 6.59. The summed E-state index contributed by atoms with van der Waals surface area (Å²) in [5, 5.41) is 15.6. The van der Waals surface area contributed by atoms with Crippen LogP contribution in [-0.2, 0) is 13.1 Å². The van der Waals surface area contributed by atoms with Gasteiger partial charge in [0.05, 0.1) is 0 Å². The summed E-state index contributed by atoms with van der Waals surface area (Å²) in [5.41, 5.74) is 8.39. The second kappa shape index (κ2) is 6.93. The van der Waals surface area contributed by atoms with Crippen molar-refractivity contribution in [3.05, 3.63) is 70.2 Å². The molecule has 104 valence electrons. The third-order valence-corrected chi connectivity index (χ3v) is 3.33. The maximum absolute atomic E-state index is 8.59. The Morgan fingerprint density at radius 3 is 2.45 bits per heavy atom. The van der Waals surface area contributed by atoms with Crippen molar-refractivity contribution in [2.45, 2.75) is 13.1 Å². The number of halogens is 1. The summed E-state index contributed by atoms with van der Waals surface area (Å²) in [7, 11) is 0. The number of nitrogens with zero attached hydrogens (tertiary/aromatic N) is 1. The topological polar surface area (TPSA) is 70.6 Å². The minimum atomic E-state index is 0.112. The highest BCUT2D eigenvalue weighted by molar-refractivity contribution is 6.31. The van der Waals surface area contributed by atoms with Gasteiger partial charge in [0.15, 0.2) is 5.84 Å². The molecule has 2 rings (SSSR count). The third-order valence-electron chi connectivity index (χ3n) is 2.96. The van der Waals surface area contributed by atoms with E-state index in [2.05, 4.69) is 10.5 Å². The maximum Gasteiger partial charge on any atom is 0.170 e. The molecule has 2 aromatic rings. The van der Waals surface area contributed by atoms with Crippen LogP contribution in [0, 0.1) is 0 Å². The molecule has 0 heterocycles. The molecule has 2 aromatic carbocycles. The second-order valence-electron chi connectivity index (χ2n) is 4.38. The Morgan fingerprint density at radius 2 is 1.80 bits per heavy atom. The lowest BCUT2D eigenvalue weighted by atomic mass is 10.1. The quantitative estimate of drug-likeness (QED) is 0.343. The van der Waals surface area contributed by atoms with E-state index in [-0.39, 0.29) is 5.84 Å². The number of hydrogen-bond donors (Lipinski definition) is 3. The molecule has 0 fully saturated rings. The molecule has 0 aliphatic carbocycles. The van der Waals surface area contributed by atoms with Crippen molar-refractivity contribution in [1.29, 1.82) is 0 Å². The van der Waals surface area contributed by atoms with E-state index in [9.17, 15) is 0 Å². The monoisotopic (exact) mass is 289 g/mol.